The molecule has 3 aliphatic heterocycles. The lowest BCUT2D eigenvalue weighted by atomic mass is 9.69. The quantitative estimate of drug-likeness (QED) is 0.641. The topological polar surface area (TPSA) is 52.4 Å². The van der Waals surface area contributed by atoms with E-state index in [9.17, 15) is 0 Å². The maximum absolute atomic E-state index is 6.52. The Morgan fingerprint density at radius 2 is 2.06 bits per heavy atom. The molecule has 0 unspecified atom stereocenters. The van der Waals surface area contributed by atoms with Crippen LogP contribution in [0.4, 0.5) is 0 Å². The zero-order valence-electron chi connectivity index (χ0n) is 20.2. The van der Waals surface area contributed by atoms with Gasteiger partial charge in [0.1, 0.15) is 0 Å². The molecule has 2 atom stereocenters. The first-order chi connectivity index (χ1) is 16.1. The van der Waals surface area contributed by atoms with Crippen LogP contribution in [-0.2, 0) is 41.0 Å². The fourth-order valence-corrected chi connectivity index (χ4v) is 7.81. The lowest BCUT2D eigenvalue weighted by Gasteiger charge is -2.47. The summed E-state index contributed by atoms with van der Waals surface area (Å²) < 4.78 is 14.1. The number of aryl methyl sites for hydroxylation is 1. The molecule has 4 aliphatic rings. The van der Waals surface area contributed by atoms with Crippen LogP contribution in [0.5, 0.6) is 0 Å². The molecule has 5 heterocycles. The Hall–Kier alpha value is -1.28. The second-order valence-corrected chi connectivity index (χ2v) is 12.4. The van der Waals surface area contributed by atoms with E-state index in [1.165, 1.54) is 36.1 Å². The second kappa shape index (κ2) is 8.74. The summed E-state index contributed by atoms with van der Waals surface area (Å²) in [4.78, 5) is 5.65. The third kappa shape index (κ3) is 4.19. The highest BCUT2D eigenvalue weighted by Gasteiger charge is 2.44. The number of thiophene rings is 1. The summed E-state index contributed by atoms with van der Waals surface area (Å²) in [6.07, 6.45) is 11.8. The monoisotopic (exact) mass is 470 g/mol. The SMILES string of the molecule is CCc1cc2c(s1)CCO[C@@]21CCN(Cc2cn(CC3CCC4(CC3)COC4)nn2)[C@@H](C)C1. The number of nitrogens with zero attached hydrogens (tertiary/aromatic N) is 4. The van der Waals surface area contributed by atoms with Crippen molar-refractivity contribution in [2.45, 2.75) is 89.9 Å². The second-order valence-electron chi connectivity index (χ2n) is 11.1. The summed E-state index contributed by atoms with van der Waals surface area (Å²) in [6.45, 7) is 10.4. The Labute approximate surface area is 201 Å². The Kier molecular flexibility index (Phi) is 5.88. The van der Waals surface area contributed by atoms with Gasteiger partial charge in [0.05, 0.1) is 31.1 Å². The number of rotatable bonds is 5. The minimum absolute atomic E-state index is 0.0746. The first-order valence-electron chi connectivity index (χ1n) is 13.0. The predicted molar refractivity (Wildman–Crippen MR) is 129 cm³/mol. The fraction of sp³-hybridized carbons (Fsp3) is 0.769. The van der Waals surface area contributed by atoms with Crippen molar-refractivity contribution in [1.29, 1.82) is 0 Å². The molecule has 7 heteroatoms. The van der Waals surface area contributed by atoms with Crippen molar-refractivity contribution < 1.29 is 9.47 Å². The van der Waals surface area contributed by atoms with E-state index in [1.807, 2.05) is 11.3 Å². The van der Waals surface area contributed by atoms with Crippen LogP contribution in [0.2, 0.25) is 0 Å². The number of hydrogen-bond acceptors (Lipinski definition) is 6. The first-order valence-corrected chi connectivity index (χ1v) is 13.8. The molecule has 2 aromatic heterocycles. The van der Waals surface area contributed by atoms with E-state index in [1.54, 1.807) is 4.88 Å². The lowest BCUT2D eigenvalue weighted by Crippen LogP contribution is -2.50. The Morgan fingerprint density at radius 1 is 1.21 bits per heavy atom. The molecular weight excluding hydrogens is 432 g/mol. The van der Waals surface area contributed by atoms with Gasteiger partial charge in [-0.1, -0.05) is 12.1 Å². The Morgan fingerprint density at radius 3 is 2.79 bits per heavy atom. The van der Waals surface area contributed by atoms with E-state index in [-0.39, 0.29) is 5.60 Å². The average Bonchev–Trinajstić information content (AvgIpc) is 3.43. The van der Waals surface area contributed by atoms with Crippen LogP contribution in [0.15, 0.2) is 12.3 Å². The number of ether oxygens (including phenoxy) is 2. The lowest BCUT2D eigenvalue weighted by molar-refractivity contribution is -0.137. The molecule has 2 saturated heterocycles. The Balaban J connectivity index is 1.06. The van der Waals surface area contributed by atoms with Crippen LogP contribution in [0.1, 0.15) is 73.4 Å². The first kappa shape index (κ1) is 22.2. The summed E-state index contributed by atoms with van der Waals surface area (Å²) in [6, 6.07) is 2.91. The number of fused-ring (bicyclic) bond motifs is 2. The molecule has 1 saturated carbocycles. The van der Waals surface area contributed by atoms with Gasteiger partial charge in [0.15, 0.2) is 0 Å². The molecule has 180 valence electrons. The third-order valence-electron chi connectivity index (χ3n) is 8.84. The van der Waals surface area contributed by atoms with Crippen LogP contribution >= 0.6 is 11.3 Å². The van der Waals surface area contributed by atoms with E-state index < -0.39 is 0 Å². The molecule has 2 spiro atoms. The highest BCUT2D eigenvalue weighted by molar-refractivity contribution is 7.12. The van der Waals surface area contributed by atoms with Gasteiger partial charge in [0.2, 0.25) is 0 Å². The number of hydrogen-bond donors (Lipinski definition) is 0. The third-order valence-corrected chi connectivity index (χ3v) is 10.2. The Bertz CT molecular complexity index is 973. The van der Waals surface area contributed by atoms with E-state index in [2.05, 4.69) is 46.0 Å². The fourth-order valence-electron chi connectivity index (χ4n) is 6.63. The summed E-state index contributed by atoms with van der Waals surface area (Å²) in [7, 11) is 0. The van der Waals surface area contributed by atoms with Crippen LogP contribution in [0.25, 0.3) is 0 Å². The van der Waals surface area contributed by atoms with Gasteiger partial charge in [-0.25, -0.2) is 0 Å². The van der Waals surface area contributed by atoms with Gasteiger partial charge in [-0.15, -0.1) is 16.4 Å². The van der Waals surface area contributed by atoms with Crippen molar-refractivity contribution in [3.8, 4) is 0 Å². The van der Waals surface area contributed by atoms with Gasteiger partial charge in [0.25, 0.3) is 0 Å². The molecule has 6 nitrogen and oxygen atoms in total. The summed E-state index contributed by atoms with van der Waals surface area (Å²) in [5, 5.41) is 9.03. The smallest absolute Gasteiger partial charge is 0.0969 e. The molecule has 1 aliphatic carbocycles. The van der Waals surface area contributed by atoms with Gasteiger partial charge in [-0.3, -0.25) is 9.58 Å². The van der Waals surface area contributed by atoms with E-state index in [0.29, 0.717) is 11.5 Å². The van der Waals surface area contributed by atoms with Crippen molar-refractivity contribution in [3.05, 3.63) is 33.3 Å². The molecule has 0 bridgehead atoms. The molecule has 0 aromatic carbocycles. The van der Waals surface area contributed by atoms with Gasteiger partial charge in [0, 0.05) is 53.5 Å². The standard InChI is InChI=1S/C26H38N4O2S/c1-3-22-12-23-24(33-22)6-11-32-26(23)9-10-29(19(2)13-26)15-21-16-30(28-27-21)14-20-4-7-25(8-5-20)17-31-18-25/h12,16,19-20H,3-11,13-15,17-18H2,1-2H3/t19-,26+/m0/s1. The van der Waals surface area contributed by atoms with Crippen molar-refractivity contribution in [1.82, 2.24) is 19.9 Å². The zero-order chi connectivity index (χ0) is 22.5. The van der Waals surface area contributed by atoms with Gasteiger partial charge < -0.3 is 9.47 Å². The highest BCUT2D eigenvalue weighted by Crippen LogP contribution is 2.47. The minimum Gasteiger partial charge on any atom is -0.380 e. The van der Waals surface area contributed by atoms with E-state index in [4.69, 9.17) is 9.47 Å². The van der Waals surface area contributed by atoms with Crippen LogP contribution in [-0.4, -0.2) is 52.3 Å². The maximum Gasteiger partial charge on any atom is 0.0969 e. The molecular formula is C26H38N4O2S. The molecule has 33 heavy (non-hydrogen) atoms. The molecule has 2 aromatic rings. The molecule has 0 N–H and O–H groups in total. The predicted octanol–water partition coefficient (Wildman–Crippen LogP) is 4.56. The molecule has 0 amide bonds. The summed E-state index contributed by atoms with van der Waals surface area (Å²) in [5.74, 6) is 0.732. The number of aromatic nitrogens is 3. The molecule has 0 radical (unpaired) electrons. The van der Waals surface area contributed by atoms with Crippen molar-refractivity contribution in [3.63, 3.8) is 0 Å². The van der Waals surface area contributed by atoms with Gasteiger partial charge >= 0.3 is 0 Å². The zero-order valence-corrected chi connectivity index (χ0v) is 21.0. The summed E-state index contributed by atoms with van der Waals surface area (Å²) in [5.41, 5.74) is 3.05. The van der Waals surface area contributed by atoms with Crippen molar-refractivity contribution in [2.24, 2.45) is 11.3 Å². The number of piperidine rings is 1. The normalized spacial score (nSPS) is 29.9. The van der Waals surface area contributed by atoms with Gasteiger partial charge in [-0.05, 0) is 69.4 Å². The highest BCUT2D eigenvalue weighted by atomic mass is 32.1. The van der Waals surface area contributed by atoms with Gasteiger partial charge in [-0.2, -0.15) is 0 Å². The maximum atomic E-state index is 6.52. The van der Waals surface area contributed by atoms with Crippen LogP contribution in [0, 0.1) is 11.3 Å². The molecule has 3 fully saturated rings. The van der Waals surface area contributed by atoms with Crippen LogP contribution < -0.4 is 0 Å². The minimum atomic E-state index is -0.0746. The number of likely N-dealkylation sites (tertiary alicyclic amines) is 1. The van der Waals surface area contributed by atoms with Crippen molar-refractivity contribution in [2.75, 3.05) is 26.4 Å². The van der Waals surface area contributed by atoms with E-state index >= 15 is 0 Å². The largest absolute Gasteiger partial charge is 0.380 e. The average molecular weight is 471 g/mol. The van der Waals surface area contributed by atoms with Crippen molar-refractivity contribution >= 4 is 11.3 Å². The molecule has 6 rings (SSSR count). The summed E-state index contributed by atoms with van der Waals surface area (Å²) >= 11 is 2.01. The van der Waals surface area contributed by atoms with E-state index in [0.717, 1.165) is 76.8 Å². The van der Waals surface area contributed by atoms with Crippen LogP contribution in [0.3, 0.4) is 0 Å².